The number of fused-ring (bicyclic) bond motifs is 2. The summed E-state index contributed by atoms with van der Waals surface area (Å²) < 4.78 is 6.05. The maximum atomic E-state index is 12.1. The Labute approximate surface area is 138 Å². The summed E-state index contributed by atoms with van der Waals surface area (Å²) in [5.74, 6) is 1.16. The maximum absolute atomic E-state index is 12.1. The SMILES string of the molecule is O=C1CCCc2c(Oc3cccc4cccc(O)c34)ccc(O)c21. The highest BCUT2D eigenvalue weighted by Gasteiger charge is 2.24. The Kier molecular flexibility index (Phi) is 3.38. The number of aromatic hydroxyl groups is 2. The lowest BCUT2D eigenvalue weighted by Crippen LogP contribution is -2.12. The van der Waals surface area contributed by atoms with Crippen LogP contribution >= 0.6 is 0 Å². The monoisotopic (exact) mass is 320 g/mol. The van der Waals surface area contributed by atoms with Crippen LogP contribution in [0.5, 0.6) is 23.0 Å². The number of carbonyl (C=O) groups is 1. The number of rotatable bonds is 2. The first kappa shape index (κ1) is 14.6. The van der Waals surface area contributed by atoms with Crippen LogP contribution in [0.4, 0.5) is 0 Å². The van der Waals surface area contributed by atoms with Gasteiger partial charge in [0.15, 0.2) is 5.78 Å². The summed E-state index contributed by atoms with van der Waals surface area (Å²) in [4.78, 5) is 12.1. The highest BCUT2D eigenvalue weighted by Crippen LogP contribution is 2.40. The molecule has 2 N–H and O–H groups in total. The Bertz CT molecular complexity index is 954. The van der Waals surface area contributed by atoms with Crippen LogP contribution in [0.2, 0.25) is 0 Å². The van der Waals surface area contributed by atoms with Crippen molar-refractivity contribution >= 4 is 16.6 Å². The summed E-state index contributed by atoms with van der Waals surface area (Å²) >= 11 is 0. The first-order valence-electron chi connectivity index (χ1n) is 7.92. The number of ether oxygens (including phenoxy) is 1. The van der Waals surface area contributed by atoms with E-state index >= 15 is 0 Å². The number of hydrogen-bond donors (Lipinski definition) is 2. The van der Waals surface area contributed by atoms with Crippen molar-refractivity contribution in [3.8, 4) is 23.0 Å². The van der Waals surface area contributed by atoms with Crippen LogP contribution in [-0.4, -0.2) is 16.0 Å². The summed E-state index contributed by atoms with van der Waals surface area (Å²) in [5, 5.41) is 21.7. The number of Topliss-reactive ketones (excluding diaryl/α,β-unsaturated/α-hetero) is 1. The van der Waals surface area contributed by atoms with Crippen LogP contribution < -0.4 is 4.74 Å². The predicted molar refractivity (Wildman–Crippen MR) is 91.1 cm³/mol. The van der Waals surface area contributed by atoms with Crippen molar-refractivity contribution in [3.63, 3.8) is 0 Å². The minimum Gasteiger partial charge on any atom is -0.507 e. The third-order valence-corrected chi connectivity index (χ3v) is 4.42. The Morgan fingerprint density at radius 3 is 2.46 bits per heavy atom. The van der Waals surface area contributed by atoms with Crippen LogP contribution in [0, 0.1) is 0 Å². The largest absolute Gasteiger partial charge is 0.507 e. The van der Waals surface area contributed by atoms with Crippen LogP contribution in [0.15, 0.2) is 48.5 Å². The van der Waals surface area contributed by atoms with Gasteiger partial charge in [-0.2, -0.15) is 0 Å². The van der Waals surface area contributed by atoms with Gasteiger partial charge in [-0.25, -0.2) is 0 Å². The fourth-order valence-corrected chi connectivity index (χ4v) is 3.31. The van der Waals surface area contributed by atoms with E-state index < -0.39 is 0 Å². The van der Waals surface area contributed by atoms with Gasteiger partial charge in [-0.15, -0.1) is 0 Å². The van der Waals surface area contributed by atoms with Crippen LogP contribution in [0.1, 0.15) is 28.8 Å². The molecule has 4 rings (SSSR count). The molecule has 1 aliphatic rings. The van der Waals surface area contributed by atoms with E-state index in [0.717, 1.165) is 17.4 Å². The molecule has 0 heterocycles. The molecule has 0 atom stereocenters. The second-order valence-corrected chi connectivity index (χ2v) is 5.95. The smallest absolute Gasteiger partial charge is 0.167 e. The molecule has 0 radical (unpaired) electrons. The van der Waals surface area contributed by atoms with Gasteiger partial charge in [0.05, 0.1) is 10.9 Å². The number of phenolic OH excluding ortho intramolecular Hbond substituents is 2. The number of carbonyl (C=O) groups excluding carboxylic acids is 1. The Morgan fingerprint density at radius 2 is 1.62 bits per heavy atom. The van der Waals surface area contributed by atoms with Gasteiger partial charge in [0.25, 0.3) is 0 Å². The quantitative estimate of drug-likeness (QED) is 0.726. The van der Waals surface area contributed by atoms with Gasteiger partial charge in [-0.3, -0.25) is 4.79 Å². The van der Waals surface area contributed by atoms with E-state index in [0.29, 0.717) is 35.3 Å². The van der Waals surface area contributed by atoms with Crippen molar-refractivity contribution < 1.29 is 19.7 Å². The van der Waals surface area contributed by atoms with E-state index in [1.165, 1.54) is 6.07 Å². The highest BCUT2D eigenvalue weighted by atomic mass is 16.5. The molecule has 4 heteroatoms. The zero-order chi connectivity index (χ0) is 16.7. The first-order valence-corrected chi connectivity index (χ1v) is 7.92. The summed E-state index contributed by atoms with van der Waals surface area (Å²) in [5.41, 5.74) is 1.10. The zero-order valence-corrected chi connectivity index (χ0v) is 13.0. The molecule has 0 aromatic heterocycles. The molecule has 0 bridgehead atoms. The van der Waals surface area contributed by atoms with E-state index in [4.69, 9.17) is 4.74 Å². The predicted octanol–water partition coefficient (Wildman–Crippen LogP) is 4.56. The minimum absolute atomic E-state index is 0.00261. The molecule has 4 nitrogen and oxygen atoms in total. The molecule has 0 amide bonds. The first-order chi connectivity index (χ1) is 11.6. The topological polar surface area (TPSA) is 66.8 Å². The van der Waals surface area contributed by atoms with Gasteiger partial charge in [0, 0.05) is 12.0 Å². The zero-order valence-electron chi connectivity index (χ0n) is 13.0. The summed E-state index contributed by atoms with van der Waals surface area (Å²) in [6.45, 7) is 0. The van der Waals surface area contributed by atoms with Gasteiger partial charge in [-0.05, 0) is 42.5 Å². The average molecular weight is 320 g/mol. The van der Waals surface area contributed by atoms with Gasteiger partial charge in [0.2, 0.25) is 0 Å². The standard InChI is InChI=1S/C20H16O4/c21-14-7-1-4-12-5-2-9-18(19(12)14)24-17-11-10-16(23)20-13(17)6-3-8-15(20)22/h1-2,4-5,7,9-11,21,23H,3,6,8H2. The van der Waals surface area contributed by atoms with Gasteiger partial charge in [-0.1, -0.05) is 24.3 Å². The summed E-state index contributed by atoms with van der Waals surface area (Å²) in [6, 6.07) is 14.0. The molecule has 0 aliphatic heterocycles. The molecule has 0 saturated heterocycles. The number of benzene rings is 3. The maximum Gasteiger partial charge on any atom is 0.167 e. The second-order valence-electron chi connectivity index (χ2n) is 5.95. The van der Waals surface area contributed by atoms with Crippen LogP contribution in [0.3, 0.4) is 0 Å². The van der Waals surface area contributed by atoms with Crippen molar-refractivity contribution in [2.45, 2.75) is 19.3 Å². The molecule has 0 fully saturated rings. The van der Waals surface area contributed by atoms with Crippen molar-refractivity contribution in [2.24, 2.45) is 0 Å². The highest BCUT2D eigenvalue weighted by molar-refractivity contribution is 6.01. The summed E-state index contributed by atoms with van der Waals surface area (Å²) in [6.07, 6.45) is 1.87. The van der Waals surface area contributed by atoms with Crippen molar-refractivity contribution in [2.75, 3.05) is 0 Å². The third-order valence-electron chi connectivity index (χ3n) is 4.42. The lowest BCUT2D eigenvalue weighted by atomic mass is 9.89. The Hall–Kier alpha value is -3.01. The Balaban J connectivity index is 1.86. The fourth-order valence-electron chi connectivity index (χ4n) is 3.31. The molecular formula is C20H16O4. The normalized spacial score (nSPS) is 13.8. The molecular weight excluding hydrogens is 304 g/mol. The molecule has 0 saturated carbocycles. The van der Waals surface area contributed by atoms with E-state index in [2.05, 4.69) is 0 Å². The third kappa shape index (κ3) is 2.27. The second kappa shape index (κ2) is 5.57. The molecule has 0 spiro atoms. The van der Waals surface area contributed by atoms with E-state index in [9.17, 15) is 15.0 Å². The molecule has 0 unspecified atom stereocenters. The van der Waals surface area contributed by atoms with Gasteiger partial charge < -0.3 is 14.9 Å². The number of phenols is 2. The molecule has 3 aromatic rings. The molecule has 1 aliphatic carbocycles. The molecule has 120 valence electrons. The average Bonchev–Trinajstić information content (AvgIpc) is 2.58. The van der Waals surface area contributed by atoms with Crippen LogP contribution in [-0.2, 0) is 6.42 Å². The van der Waals surface area contributed by atoms with Crippen molar-refractivity contribution in [3.05, 3.63) is 59.7 Å². The fraction of sp³-hybridized carbons (Fsp3) is 0.150. The molecule has 24 heavy (non-hydrogen) atoms. The van der Waals surface area contributed by atoms with Crippen molar-refractivity contribution in [1.82, 2.24) is 0 Å². The van der Waals surface area contributed by atoms with Crippen LogP contribution in [0.25, 0.3) is 10.8 Å². The van der Waals surface area contributed by atoms with Gasteiger partial charge in [0.1, 0.15) is 23.0 Å². The van der Waals surface area contributed by atoms with E-state index in [-0.39, 0.29) is 17.3 Å². The summed E-state index contributed by atoms with van der Waals surface area (Å²) in [7, 11) is 0. The number of ketones is 1. The van der Waals surface area contributed by atoms with E-state index in [1.807, 2.05) is 18.2 Å². The lowest BCUT2D eigenvalue weighted by molar-refractivity contribution is 0.0969. The minimum atomic E-state index is -0.0556. The van der Waals surface area contributed by atoms with Crippen molar-refractivity contribution in [1.29, 1.82) is 0 Å². The van der Waals surface area contributed by atoms with E-state index in [1.54, 1.807) is 24.3 Å². The van der Waals surface area contributed by atoms with Gasteiger partial charge >= 0.3 is 0 Å². The lowest BCUT2D eigenvalue weighted by Gasteiger charge is -2.20. The Morgan fingerprint density at radius 1 is 0.833 bits per heavy atom. The number of hydrogen-bond acceptors (Lipinski definition) is 4. The molecule has 3 aromatic carbocycles.